The van der Waals surface area contributed by atoms with E-state index in [1.807, 2.05) is 17.4 Å². The molecule has 1 saturated carbocycles. The number of likely N-dealkylation sites (tertiary alicyclic amines) is 1. The Morgan fingerprint density at radius 2 is 1.87 bits per heavy atom. The van der Waals surface area contributed by atoms with Crippen LogP contribution in [0.4, 0.5) is 4.79 Å². The molecule has 2 unspecified atom stereocenters. The monoisotopic (exact) mass is 426 g/mol. The van der Waals surface area contributed by atoms with Gasteiger partial charge in [0.1, 0.15) is 0 Å². The van der Waals surface area contributed by atoms with E-state index in [-0.39, 0.29) is 36.2 Å². The zero-order valence-electron chi connectivity index (χ0n) is 18.0. The van der Waals surface area contributed by atoms with Crippen molar-refractivity contribution in [2.24, 2.45) is 11.8 Å². The van der Waals surface area contributed by atoms with Crippen LogP contribution in [0.25, 0.3) is 0 Å². The molecule has 1 saturated heterocycles. The van der Waals surface area contributed by atoms with E-state index in [4.69, 9.17) is 0 Å². The predicted molar refractivity (Wildman–Crippen MR) is 117 cm³/mol. The van der Waals surface area contributed by atoms with Crippen molar-refractivity contribution in [2.75, 3.05) is 13.1 Å². The molecule has 4 atom stereocenters. The number of aliphatic hydroxyl groups is 2. The molecule has 2 aliphatic heterocycles. The second-order valence-corrected chi connectivity index (χ2v) is 9.75. The number of aliphatic hydroxyl groups excluding tert-OH is 2. The van der Waals surface area contributed by atoms with Crippen LogP contribution in [0.5, 0.6) is 0 Å². The van der Waals surface area contributed by atoms with Crippen molar-refractivity contribution >= 4 is 6.03 Å². The van der Waals surface area contributed by atoms with Crippen molar-refractivity contribution in [3.8, 4) is 0 Å². The number of amides is 2. The van der Waals surface area contributed by atoms with Crippen molar-refractivity contribution in [2.45, 2.75) is 75.2 Å². The lowest BCUT2D eigenvalue weighted by Crippen LogP contribution is -2.49. The van der Waals surface area contributed by atoms with E-state index in [1.165, 1.54) is 5.69 Å². The lowest BCUT2D eigenvalue weighted by molar-refractivity contribution is 0.0463. The first kappa shape index (κ1) is 20.8. The Balaban J connectivity index is 1.13. The molecule has 7 nitrogen and oxygen atoms in total. The van der Waals surface area contributed by atoms with Gasteiger partial charge in [-0.3, -0.25) is 0 Å². The number of allylic oxidation sites excluding steroid dienone is 4. The molecule has 0 radical (unpaired) electrons. The van der Waals surface area contributed by atoms with Gasteiger partial charge in [0.15, 0.2) is 0 Å². The van der Waals surface area contributed by atoms with Gasteiger partial charge in [-0.2, -0.15) is 0 Å². The number of fused-ring (bicyclic) bond motifs is 3. The molecule has 0 spiro atoms. The van der Waals surface area contributed by atoms with E-state index in [2.05, 4.69) is 39.2 Å². The van der Waals surface area contributed by atoms with Crippen molar-refractivity contribution in [1.29, 1.82) is 0 Å². The van der Waals surface area contributed by atoms with Crippen LogP contribution < -0.4 is 5.32 Å². The van der Waals surface area contributed by atoms with Crippen LogP contribution in [0, 0.1) is 11.8 Å². The zero-order chi connectivity index (χ0) is 21.4. The largest absolute Gasteiger partial charge is 0.393 e. The minimum Gasteiger partial charge on any atom is -0.393 e. The average molecular weight is 427 g/mol. The summed E-state index contributed by atoms with van der Waals surface area (Å²) in [5.74, 6) is 0.969. The number of nitrogens with one attached hydrogen (secondary N) is 1. The summed E-state index contributed by atoms with van der Waals surface area (Å²) in [4.78, 5) is 18.9. The van der Waals surface area contributed by atoms with Gasteiger partial charge in [-0.15, -0.1) is 0 Å². The highest BCUT2D eigenvalue weighted by atomic mass is 16.3. The van der Waals surface area contributed by atoms with Gasteiger partial charge in [-0.05, 0) is 50.9 Å². The standard InChI is InChI=1S/C24H34N4O3/c29-18-7-5-17(6-8-18)26-24(31)27-11-9-16(10-12-27)23(30)13-21-19-3-1-2-4-20(19)22-14-25-15-28(21)22/h1-4,14-21,23,29-30H,5-13H2,(H,26,31)/t17-,18-,19?,20?,21-,23-/m0/s1. The summed E-state index contributed by atoms with van der Waals surface area (Å²) in [5, 5.41) is 23.9. The second-order valence-electron chi connectivity index (χ2n) is 9.75. The summed E-state index contributed by atoms with van der Waals surface area (Å²) >= 11 is 0. The number of rotatable bonds is 4. The highest BCUT2D eigenvalue weighted by Gasteiger charge is 2.41. The number of aromatic nitrogens is 2. The third-order valence-electron chi connectivity index (χ3n) is 7.89. The number of urea groups is 1. The van der Waals surface area contributed by atoms with E-state index in [0.29, 0.717) is 24.9 Å². The molecule has 31 heavy (non-hydrogen) atoms. The molecule has 4 aliphatic rings. The Labute approximate surface area is 183 Å². The van der Waals surface area contributed by atoms with E-state index in [9.17, 15) is 15.0 Å². The average Bonchev–Trinajstić information content (AvgIpc) is 3.38. The third-order valence-corrected chi connectivity index (χ3v) is 7.89. The minimum absolute atomic E-state index is 0.00940. The molecule has 1 aromatic heterocycles. The summed E-state index contributed by atoms with van der Waals surface area (Å²) in [6.45, 7) is 1.39. The number of hydrogen-bond donors (Lipinski definition) is 3. The quantitative estimate of drug-likeness (QED) is 0.691. The van der Waals surface area contributed by atoms with Gasteiger partial charge in [-0.1, -0.05) is 24.3 Å². The Morgan fingerprint density at radius 3 is 2.65 bits per heavy atom. The van der Waals surface area contributed by atoms with Gasteiger partial charge < -0.3 is 25.0 Å². The molecule has 0 bridgehead atoms. The highest BCUT2D eigenvalue weighted by molar-refractivity contribution is 5.74. The first-order valence-electron chi connectivity index (χ1n) is 11.9. The Morgan fingerprint density at radius 1 is 1.13 bits per heavy atom. The smallest absolute Gasteiger partial charge is 0.317 e. The molecular formula is C24H34N4O3. The van der Waals surface area contributed by atoms with Crippen LogP contribution >= 0.6 is 0 Å². The van der Waals surface area contributed by atoms with Crippen LogP contribution in [0.15, 0.2) is 36.8 Å². The number of hydrogen-bond acceptors (Lipinski definition) is 4. The maximum Gasteiger partial charge on any atom is 0.317 e. The fraction of sp³-hybridized carbons (Fsp3) is 0.667. The summed E-state index contributed by atoms with van der Waals surface area (Å²) in [5.41, 5.74) is 1.24. The van der Waals surface area contributed by atoms with Crippen LogP contribution in [-0.4, -0.2) is 62.0 Å². The molecule has 3 heterocycles. The zero-order valence-corrected chi connectivity index (χ0v) is 18.0. The van der Waals surface area contributed by atoms with Gasteiger partial charge in [0.25, 0.3) is 0 Å². The van der Waals surface area contributed by atoms with Crippen LogP contribution in [-0.2, 0) is 0 Å². The third kappa shape index (κ3) is 4.17. The normalized spacial score (nSPS) is 33.7. The molecule has 0 aromatic carbocycles. The maximum absolute atomic E-state index is 12.6. The number of nitrogens with zero attached hydrogens (tertiary/aromatic N) is 3. The number of piperidine rings is 1. The fourth-order valence-electron chi connectivity index (χ4n) is 6.01. The molecule has 2 fully saturated rings. The molecule has 168 valence electrons. The number of imidazole rings is 1. The summed E-state index contributed by atoms with van der Waals surface area (Å²) in [7, 11) is 0. The predicted octanol–water partition coefficient (Wildman–Crippen LogP) is 2.74. The van der Waals surface area contributed by atoms with Crippen molar-refractivity contribution in [1.82, 2.24) is 19.8 Å². The van der Waals surface area contributed by atoms with Crippen LogP contribution in [0.3, 0.4) is 0 Å². The summed E-state index contributed by atoms with van der Waals surface area (Å²) in [6, 6.07) is 0.424. The molecule has 2 aliphatic carbocycles. The lowest BCUT2D eigenvalue weighted by Gasteiger charge is -2.37. The SMILES string of the molecule is O=C(N[C@H]1CC[C@H](O)CC1)N1CCC([C@@H](O)C[C@H]2C3C=CC=CC3c3cncn32)CC1. The first-order chi connectivity index (χ1) is 15.1. The molecule has 2 amide bonds. The topological polar surface area (TPSA) is 90.6 Å². The minimum atomic E-state index is -0.372. The Hall–Kier alpha value is -2.12. The van der Waals surface area contributed by atoms with E-state index in [0.717, 1.165) is 44.9 Å². The van der Waals surface area contributed by atoms with Crippen molar-refractivity contribution < 1.29 is 15.0 Å². The molecule has 1 aromatic rings. The van der Waals surface area contributed by atoms with Crippen LogP contribution in [0.2, 0.25) is 0 Å². The Bertz CT molecular complexity index is 834. The van der Waals surface area contributed by atoms with Gasteiger partial charge in [0.05, 0.1) is 18.5 Å². The Kier molecular flexibility index (Phi) is 5.89. The van der Waals surface area contributed by atoms with E-state index in [1.54, 1.807) is 0 Å². The summed E-state index contributed by atoms with van der Waals surface area (Å²) in [6.07, 6.45) is 17.7. The fourth-order valence-corrected chi connectivity index (χ4v) is 6.01. The van der Waals surface area contributed by atoms with Crippen LogP contribution in [0.1, 0.15) is 62.6 Å². The lowest BCUT2D eigenvalue weighted by atomic mass is 9.80. The molecular weight excluding hydrogens is 392 g/mol. The van der Waals surface area contributed by atoms with Gasteiger partial charge in [-0.25, -0.2) is 9.78 Å². The van der Waals surface area contributed by atoms with E-state index < -0.39 is 0 Å². The molecule has 5 rings (SSSR count). The number of carbonyl (C=O) groups is 1. The number of carbonyl (C=O) groups excluding carboxylic acids is 1. The second kappa shape index (κ2) is 8.79. The first-order valence-corrected chi connectivity index (χ1v) is 11.9. The van der Waals surface area contributed by atoms with E-state index >= 15 is 0 Å². The summed E-state index contributed by atoms with van der Waals surface area (Å²) < 4.78 is 2.25. The maximum atomic E-state index is 12.6. The van der Waals surface area contributed by atoms with Gasteiger partial charge >= 0.3 is 6.03 Å². The van der Waals surface area contributed by atoms with Gasteiger partial charge in [0, 0.05) is 48.9 Å². The van der Waals surface area contributed by atoms with Crippen molar-refractivity contribution in [3.05, 3.63) is 42.5 Å². The van der Waals surface area contributed by atoms with Gasteiger partial charge in [0.2, 0.25) is 0 Å². The molecule has 3 N–H and O–H groups in total. The highest BCUT2D eigenvalue weighted by Crippen LogP contribution is 2.47. The molecule has 7 heteroatoms. The van der Waals surface area contributed by atoms with Crippen molar-refractivity contribution in [3.63, 3.8) is 0 Å².